The molecule has 0 saturated carbocycles. The summed E-state index contributed by atoms with van der Waals surface area (Å²) in [6, 6.07) is 17.2. The summed E-state index contributed by atoms with van der Waals surface area (Å²) in [4.78, 5) is 12.3. The number of thiocarbonyl (C=S) groups is 1. The number of nitrogens with one attached hydrogen (secondary N) is 2. The van der Waals surface area contributed by atoms with Crippen LogP contribution in [0.5, 0.6) is 5.75 Å². The molecule has 14 heteroatoms. The fraction of sp³-hybridized carbons (Fsp3) is 0.0455. The highest BCUT2D eigenvalue weighted by atomic mass is 35.5. The molecule has 0 aliphatic carbocycles. The molecule has 36 heavy (non-hydrogen) atoms. The van der Waals surface area contributed by atoms with Crippen LogP contribution < -0.4 is 14.9 Å². The molecule has 3 aromatic carbocycles. The van der Waals surface area contributed by atoms with Gasteiger partial charge in [-0.3, -0.25) is 15.5 Å². The Kier molecular flexibility index (Phi) is 8.56. The Hall–Kier alpha value is -3.19. The average molecular weight is 576 g/mol. The lowest BCUT2D eigenvalue weighted by Gasteiger charge is -2.12. The molecule has 0 aliphatic rings. The van der Waals surface area contributed by atoms with Gasteiger partial charge in [0, 0.05) is 26.7 Å². The molecule has 7 nitrogen and oxygen atoms in total. The average Bonchev–Trinajstić information content (AvgIpc) is 2.80. The summed E-state index contributed by atoms with van der Waals surface area (Å²) in [7, 11) is -5.82. The van der Waals surface area contributed by atoms with E-state index in [0.29, 0.717) is 26.7 Å². The zero-order valence-electron chi connectivity index (χ0n) is 17.7. The number of nitrogens with zero attached hydrogens (tertiary/aromatic N) is 1. The highest BCUT2D eigenvalue weighted by molar-refractivity contribution is 7.88. The number of amides is 1. The molecule has 0 saturated heterocycles. The Morgan fingerprint density at radius 3 is 1.75 bits per heavy atom. The maximum absolute atomic E-state index is 12.6. The smallest absolute Gasteiger partial charge is 0.376 e. The molecule has 2 N–H and O–H groups in total. The van der Waals surface area contributed by atoms with E-state index in [9.17, 15) is 26.4 Å². The van der Waals surface area contributed by atoms with E-state index in [2.05, 4.69) is 20.0 Å². The van der Waals surface area contributed by atoms with Gasteiger partial charge < -0.3 is 4.18 Å². The third-order valence-electron chi connectivity index (χ3n) is 4.34. The molecule has 3 rings (SSSR count). The van der Waals surface area contributed by atoms with Crippen LogP contribution in [0.2, 0.25) is 10.0 Å². The van der Waals surface area contributed by atoms with Crippen LogP contribution >= 0.6 is 35.4 Å². The topological polar surface area (TPSA) is 96.9 Å². The monoisotopic (exact) mass is 575 g/mol. The first-order chi connectivity index (χ1) is 16.9. The van der Waals surface area contributed by atoms with E-state index in [4.69, 9.17) is 35.4 Å². The van der Waals surface area contributed by atoms with Crippen LogP contribution in [0.1, 0.15) is 21.5 Å². The number of hydrazone groups is 1. The Morgan fingerprint density at radius 2 is 1.28 bits per heavy atom. The van der Waals surface area contributed by atoms with Crippen LogP contribution in [0.15, 0.2) is 77.9 Å². The molecular formula is C22H14Cl2F3N3O4S2. The molecule has 0 fully saturated rings. The lowest BCUT2D eigenvalue weighted by atomic mass is 10.0. The van der Waals surface area contributed by atoms with Gasteiger partial charge in [-0.25, -0.2) is 0 Å². The van der Waals surface area contributed by atoms with Crippen molar-refractivity contribution in [1.82, 2.24) is 10.7 Å². The number of benzene rings is 3. The zero-order valence-corrected chi connectivity index (χ0v) is 20.9. The molecular weight excluding hydrogens is 562 g/mol. The molecule has 0 heterocycles. The van der Waals surface area contributed by atoms with E-state index in [1.54, 1.807) is 24.3 Å². The van der Waals surface area contributed by atoms with Crippen LogP contribution in [0.3, 0.4) is 0 Å². The number of carbonyl (C=O) groups excluding carboxylic acids is 1. The van der Waals surface area contributed by atoms with Crippen molar-refractivity contribution < 1.29 is 30.6 Å². The second-order valence-electron chi connectivity index (χ2n) is 6.88. The first-order valence-electron chi connectivity index (χ1n) is 9.67. The van der Waals surface area contributed by atoms with Gasteiger partial charge in [0.15, 0.2) is 5.11 Å². The van der Waals surface area contributed by atoms with Gasteiger partial charge in [0.25, 0.3) is 5.91 Å². The van der Waals surface area contributed by atoms with E-state index >= 15 is 0 Å². The SMILES string of the molecule is O=C(NC(=S)N/N=C(\c1ccc(Cl)cc1)c1ccc(OS(=O)(=O)C(F)(F)F)cc1)c1ccc(Cl)cc1. The Balaban J connectivity index is 1.83. The number of carbonyl (C=O) groups is 1. The van der Waals surface area contributed by atoms with Crippen LogP contribution in [-0.4, -0.2) is 30.7 Å². The normalized spacial score (nSPS) is 12.1. The predicted molar refractivity (Wildman–Crippen MR) is 134 cm³/mol. The molecule has 0 radical (unpaired) electrons. The fourth-order valence-corrected chi connectivity index (χ4v) is 3.51. The van der Waals surface area contributed by atoms with Gasteiger partial charge in [0.2, 0.25) is 0 Å². The standard InChI is InChI=1S/C22H14Cl2F3N3O4S2/c23-16-7-1-13(2-8-16)19(14-5-11-18(12-6-14)34-36(32,33)22(25,26)27)29-30-21(35)28-20(31)15-3-9-17(24)10-4-15/h1-12H,(H2,28,30,31,35)/b29-19+. The third-order valence-corrected chi connectivity index (χ3v) is 6.01. The molecule has 0 aliphatic heterocycles. The molecule has 3 aromatic rings. The molecule has 0 unspecified atom stereocenters. The van der Waals surface area contributed by atoms with Crippen molar-refractivity contribution in [3.63, 3.8) is 0 Å². The minimum absolute atomic E-state index is 0.141. The van der Waals surface area contributed by atoms with Crippen molar-refractivity contribution in [2.75, 3.05) is 0 Å². The van der Waals surface area contributed by atoms with Gasteiger partial charge in [-0.1, -0.05) is 35.3 Å². The molecule has 0 aromatic heterocycles. The first kappa shape index (κ1) is 27.4. The summed E-state index contributed by atoms with van der Waals surface area (Å²) in [6.07, 6.45) is 0. The highest BCUT2D eigenvalue weighted by Gasteiger charge is 2.48. The Bertz CT molecular complexity index is 1400. The third kappa shape index (κ3) is 7.17. The fourth-order valence-electron chi connectivity index (χ4n) is 2.66. The zero-order chi connectivity index (χ0) is 26.5. The summed E-state index contributed by atoms with van der Waals surface area (Å²) >= 11 is 16.9. The minimum Gasteiger partial charge on any atom is -0.376 e. The van der Waals surface area contributed by atoms with E-state index in [1.807, 2.05) is 0 Å². The Labute approximate surface area is 219 Å². The largest absolute Gasteiger partial charge is 0.534 e. The summed E-state index contributed by atoms with van der Waals surface area (Å²) in [5.74, 6) is -1.06. The van der Waals surface area contributed by atoms with E-state index in [1.165, 1.54) is 36.4 Å². The number of rotatable bonds is 6. The van der Waals surface area contributed by atoms with Gasteiger partial charge in [0.05, 0.1) is 5.71 Å². The number of hydrogen-bond acceptors (Lipinski definition) is 6. The maximum atomic E-state index is 12.6. The van der Waals surface area contributed by atoms with Crippen LogP contribution in [0.25, 0.3) is 0 Å². The summed E-state index contributed by atoms with van der Waals surface area (Å²) in [5, 5.41) is 7.41. The van der Waals surface area contributed by atoms with E-state index in [0.717, 1.165) is 12.1 Å². The first-order valence-corrected chi connectivity index (χ1v) is 12.2. The quantitative estimate of drug-likeness (QED) is 0.136. The maximum Gasteiger partial charge on any atom is 0.534 e. The van der Waals surface area contributed by atoms with Crippen LogP contribution in [0, 0.1) is 0 Å². The second-order valence-corrected chi connectivity index (χ2v) is 9.70. The number of halogens is 5. The summed E-state index contributed by atoms with van der Waals surface area (Å²) < 4.78 is 64.3. The highest BCUT2D eigenvalue weighted by Crippen LogP contribution is 2.27. The van der Waals surface area contributed by atoms with Gasteiger partial charge >= 0.3 is 15.6 Å². The van der Waals surface area contributed by atoms with Crippen molar-refractivity contribution in [3.05, 3.63) is 99.5 Å². The molecule has 188 valence electrons. The van der Waals surface area contributed by atoms with E-state index in [-0.39, 0.29) is 10.8 Å². The number of hydrogen-bond donors (Lipinski definition) is 2. The van der Waals surface area contributed by atoms with Crippen molar-refractivity contribution in [2.45, 2.75) is 5.51 Å². The van der Waals surface area contributed by atoms with Crippen molar-refractivity contribution in [2.24, 2.45) is 5.10 Å². The van der Waals surface area contributed by atoms with Crippen molar-refractivity contribution >= 4 is 62.3 Å². The minimum atomic E-state index is -5.82. The Morgan fingerprint density at radius 1 is 0.833 bits per heavy atom. The van der Waals surface area contributed by atoms with Gasteiger partial charge in [0.1, 0.15) is 5.75 Å². The molecule has 1 amide bonds. The summed E-state index contributed by atoms with van der Waals surface area (Å²) in [5.41, 5.74) is -1.61. The van der Waals surface area contributed by atoms with Gasteiger partial charge in [-0.2, -0.15) is 26.7 Å². The van der Waals surface area contributed by atoms with Crippen molar-refractivity contribution in [3.8, 4) is 5.75 Å². The van der Waals surface area contributed by atoms with E-state index < -0.39 is 27.3 Å². The molecule has 0 bridgehead atoms. The predicted octanol–water partition coefficient (Wildman–Crippen LogP) is 5.28. The second kappa shape index (κ2) is 11.2. The van der Waals surface area contributed by atoms with Crippen LogP contribution in [0.4, 0.5) is 13.2 Å². The molecule has 0 atom stereocenters. The van der Waals surface area contributed by atoms with Gasteiger partial charge in [-0.05, 0) is 72.9 Å². The van der Waals surface area contributed by atoms with Crippen molar-refractivity contribution in [1.29, 1.82) is 0 Å². The number of alkyl halides is 3. The van der Waals surface area contributed by atoms with Gasteiger partial charge in [-0.15, -0.1) is 0 Å². The lowest BCUT2D eigenvalue weighted by Crippen LogP contribution is -2.37. The summed E-state index contributed by atoms with van der Waals surface area (Å²) in [6.45, 7) is 0. The lowest BCUT2D eigenvalue weighted by molar-refractivity contribution is -0.0500. The molecule has 0 spiro atoms. The van der Waals surface area contributed by atoms with Crippen LogP contribution in [-0.2, 0) is 10.1 Å².